The predicted octanol–water partition coefficient (Wildman–Crippen LogP) is 15.3. The van der Waals surface area contributed by atoms with Crippen LogP contribution in [0.15, 0.2) is 82.5 Å². The SMILES string of the molecule is C#CN(C)C(C)C.C=C(C#CC)N(C)C(C)C.C=C(C(C)=C(C)C)N(C)C(C)C.C=C(C(C)C#N)N(C)C(C)C.C=C1C(C)=C(C)C(C)N1C(C)C.CC(C)=C(C)CN(C)C(C)C.CC1CC1N(C)C(C)C. The van der Waals surface area contributed by atoms with Gasteiger partial charge in [-0.15, -0.1) is 0 Å². The molecule has 0 saturated heterocycles. The van der Waals surface area contributed by atoms with Crippen molar-refractivity contribution in [2.45, 2.75) is 241 Å². The van der Waals surface area contributed by atoms with E-state index in [4.69, 9.17) is 11.7 Å². The third kappa shape index (κ3) is 32.0. The standard InChI is InChI=1S/C11H19N.C11H21N.C10H21N.C9H16N2.C9H15N.C8H17N.C6H11N/c1-7(2)12-10(5)8(3)9(4)11(12)6;1-8(2)10(5)11(6)12(7)9(3)4;1-8(2)10(5)7-11(6)9(3)4;1-7(2)11(5)9(4)8(3)6-10;1-6-7-9(4)10(5)8(2)3;1-6(2)9(4)8-5-7(8)3;1-5-7(4)6(2)3/h7,11H,5H2,1-4,6H3;9H,6H2,1-5,7H3;9H,7H2,1-6H3;7-8H,4H2,1-3,5H3;8H,4H2,1-3,5H3;6-8H,5H2,1-4H3;1,6H,2-4H3. The fourth-order valence-corrected chi connectivity index (χ4v) is 6.17. The molecule has 0 amide bonds. The van der Waals surface area contributed by atoms with Gasteiger partial charge in [-0.3, -0.25) is 0 Å². The predicted molar refractivity (Wildman–Crippen MR) is 326 cm³/mol. The van der Waals surface area contributed by atoms with Crippen LogP contribution in [0.25, 0.3) is 0 Å². The molecule has 1 fully saturated rings. The first-order valence-electron chi connectivity index (χ1n) is 26.8. The van der Waals surface area contributed by atoms with E-state index in [9.17, 15) is 0 Å². The molecule has 0 bridgehead atoms. The number of terminal acetylenes is 1. The maximum atomic E-state index is 8.60. The lowest BCUT2D eigenvalue weighted by atomic mass is 10.1. The third-order valence-electron chi connectivity index (χ3n) is 14.3. The van der Waals surface area contributed by atoms with Crippen molar-refractivity contribution in [1.29, 1.82) is 5.26 Å². The number of nitriles is 1. The molecule has 1 heterocycles. The number of hydrogen-bond acceptors (Lipinski definition) is 8. The van der Waals surface area contributed by atoms with Crippen molar-refractivity contribution in [3.8, 4) is 30.4 Å². The van der Waals surface area contributed by atoms with E-state index in [-0.39, 0.29) is 5.92 Å². The van der Waals surface area contributed by atoms with Crippen molar-refractivity contribution in [2.75, 3.05) is 48.8 Å². The summed E-state index contributed by atoms with van der Waals surface area (Å²) in [7, 11) is 12.3. The molecule has 8 nitrogen and oxygen atoms in total. The summed E-state index contributed by atoms with van der Waals surface area (Å²) in [6.45, 7) is 72.7. The molecule has 0 aromatic carbocycles. The quantitative estimate of drug-likeness (QED) is 0.0696. The molecule has 8 heteroatoms. The highest BCUT2D eigenvalue weighted by molar-refractivity contribution is 5.39. The van der Waals surface area contributed by atoms with Crippen molar-refractivity contribution < 1.29 is 0 Å². The van der Waals surface area contributed by atoms with Gasteiger partial charge in [-0.2, -0.15) is 5.26 Å². The summed E-state index contributed by atoms with van der Waals surface area (Å²) in [5, 5.41) is 8.60. The molecule has 0 N–H and O–H groups in total. The molecule has 2 aliphatic rings. The van der Waals surface area contributed by atoms with Crippen molar-refractivity contribution in [3.63, 3.8) is 0 Å². The molecule has 0 aromatic rings. The van der Waals surface area contributed by atoms with Crippen LogP contribution in [-0.4, -0.2) is 138 Å². The third-order valence-corrected chi connectivity index (χ3v) is 14.3. The average molecular weight is 1000 g/mol. The second-order valence-corrected chi connectivity index (χ2v) is 22.4. The van der Waals surface area contributed by atoms with Crippen molar-refractivity contribution in [2.24, 2.45) is 11.8 Å². The Kier molecular flexibility index (Phi) is 41.7. The first-order valence-corrected chi connectivity index (χ1v) is 26.8. The molecule has 2 rings (SSSR count). The van der Waals surface area contributed by atoms with Gasteiger partial charge in [0.15, 0.2) is 0 Å². The number of likely N-dealkylation sites (N-methyl/N-ethyl adjacent to an activating group) is 2. The Bertz CT molecular complexity index is 1830. The molecule has 1 aliphatic carbocycles. The molecular weight excluding hydrogens is 881 g/mol. The Morgan fingerprint density at radius 3 is 1.32 bits per heavy atom. The molecule has 72 heavy (non-hydrogen) atoms. The lowest BCUT2D eigenvalue weighted by molar-refractivity contribution is 0.254. The van der Waals surface area contributed by atoms with Gasteiger partial charge in [0.05, 0.1) is 17.7 Å². The van der Waals surface area contributed by atoms with Gasteiger partial charge in [-0.25, -0.2) is 0 Å². The second-order valence-electron chi connectivity index (χ2n) is 22.4. The summed E-state index contributed by atoms with van der Waals surface area (Å²) < 4.78 is 0. The van der Waals surface area contributed by atoms with E-state index >= 15 is 0 Å². The highest BCUT2D eigenvalue weighted by atomic mass is 15.2. The number of hydrogen-bond donors (Lipinski definition) is 0. The molecule has 4 unspecified atom stereocenters. The Balaban J connectivity index is -0.000000244. The topological polar surface area (TPSA) is 46.5 Å². The number of allylic oxidation sites excluding steroid dienone is 6. The summed E-state index contributed by atoms with van der Waals surface area (Å²) in [6.07, 6.45) is 6.46. The van der Waals surface area contributed by atoms with E-state index in [2.05, 4.69) is 262 Å². The Morgan fingerprint density at radius 2 is 1.11 bits per heavy atom. The van der Waals surface area contributed by atoms with Crippen LogP contribution in [0.1, 0.15) is 186 Å². The fraction of sp³-hybridized carbons (Fsp3) is 0.703. The smallest absolute Gasteiger partial charge is 0.0827 e. The van der Waals surface area contributed by atoms with E-state index in [1.807, 2.05) is 44.8 Å². The summed E-state index contributed by atoms with van der Waals surface area (Å²) in [4.78, 5) is 15.3. The van der Waals surface area contributed by atoms with Crippen molar-refractivity contribution in [3.05, 3.63) is 82.5 Å². The summed E-state index contributed by atoms with van der Waals surface area (Å²) in [5.41, 5.74) is 12.5. The van der Waals surface area contributed by atoms with E-state index < -0.39 is 0 Å². The zero-order valence-electron chi connectivity index (χ0n) is 53.7. The van der Waals surface area contributed by atoms with Crippen LogP contribution in [-0.2, 0) is 0 Å². The highest BCUT2D eigenvalue weighted by Crippen LogP contribution is 2.35. The van der Waals surface area contributed by atoms with E-state index in [1.54, 1.807) is 0 Å². The van der Waals surface area contributed by atoms with E-state index in [0.29, 0.717) is 42.3 Å². The van der Waals surface area contributed by atoms with Gasteiger partial charge in [0.2, 0.25) is 0 Å². The fourth-order valence-electron chi connectivity index (χ4n) is 6.17. The number of nitrogens with zero attached hydrogens (tertiary/aromatic N) is 8. The zero-order valence-corrected chi connectivity index (χ0v) is 53.7. The Morgan fingerprint density at radius 1 is 0.681 bits per heavy atom. The first kappa shape index (κ1) is 76.6. The summed E-state index contributed by atoms with van der Waals surface area (Å²) in [5.74, 6) is 6.59. The van der Waals surface area contributed by atoms with Gasteiger partial charge >= 0.3 is 0 Å². The van der Waals surface area contributed by atoms with Gasteiger partial charge in [0.1, 0.15) is 0 Å². The minimum atomic E-state index is -0.0811. The van der Waals surface area contributed by atoms with Gasteiger partial charge in [0.25, 0.3) is 0 Å². The Hall–Kier alpha value is -4.29. The number of rotatable bonds is 15. The van der Waals surface area contributed by atoms with Crippen LogP contribution < -0.4 is 0 Å². The second kappa shape index (κ2) is 39.2. The molecule has 0 spiro atoms. The van der Waals surface area contributed by atoms with Crippen LogP contribution in [0.5, 0.6) is 0 Å². The van der Waals surface area contributed by atoms with E-state index in [1.165, 1.54) is 45.6 Å². The maximum Gasteiger partial charge on any atom is 0.0827 e. The highest BCUT2D eigenvalue weighted by Gasteiger charge is 2.36. The van der Waals surface area contributed by atoms with Crippen molar-refractivity contribution >= 4 is 0 Å². The maximum absolute atomic E-state index is 8.60. The minimum absolute atomic E-state index is 0.0811. The molecule has 1 aliphatic heterocycles. The molecule has 416 valence electrons. The van der Waals surface area contributed by atoms with Crippen LogP contribution in [0.4, 0.5) is 0 Å². The summed E-state index contributed by atoms with van der Waals surface area (Å²) >= 11 is 0. The van der Waals surface area contributed by atoms with Gasteiger partial charge in [-0.1, -0.05) is 68.2 Å². The van der Waals surface area contributed by atoms with E-state index in [0.717, 1.165) is 41.6 Å². The summed E-state index contributed by atoms with van der Waals surface area (Å²) in [6, 6.07) is 9.89. The zero-order chi connectivity index (χ0) is 58.4. The molecule has 0 radical (unpaired) electrons. The normalized spacial score (nSPS) is 15.6. The van der Waals surface area contributed by atoms with Gasteiger partial charge in [-0.05, 0) is 216 Å². The Labute approximate surface area is 452 Å². The van der Waals surface area contributed by atoms with Crippen LogP contribution in [0.2, 0.25) is 0 Å². The van der Waals surface area contributed by atoms with Crippen LogP contribution in [0, 0.1) is 47.5 Å². The first-order chi connectivity index (χ1) is 32.7. The minimum Gasteiger partial charge on any atom is -0.375 e. The lowest BCUT2D eigenvalue weighted by Crippen LogP contribution is -2.33. The molecule has 1 saturated carbocycles. The average Bonchev–Trinajstić information content (AvgIpc) is 4.00. The largest absolute Gasteiger partial charge is 0.375 e. The lowest BCUT2D eigenvalue weighted by Gasteiger charge is -2.30. The molecule has 4 atom stereocenters. The van der Waals surface area contributed by atoms with Crippen LogP contribution >= 0.6 is 0 Å². The molecule has 0 aromatic heterocycles. The van der Waals surface area contributed by atoms with Crippen LogP contribution in [0.3, 0.4) is 0 Å². The van der Waals surface area contributed by atoms with Gasteiger partial charge < -0.3 is 34.3 Å². The monoisotopic (exact) mass is 1000 g/mol. The van der Waals surface area contributed by atoms with Crippen molar-refractivity contribution in [1.82, 2.24) is 34.3 Å². The van der Waals surface area contributed by atoms with Gasteiger partial charge in [0, 0.05) is 112 Å². The molecular formula is C64H120N8.